The van der Waals surface area contributed by atoms with Crippen LogP contribution in [0.1, 0.15) is 43.6 Å². The summed E-state index contributed by atoms with van der Waals surface area (Å²) in [6.45, 7) is 6.37. The largest absolute Gasteiger partial charge is 0.376 e. The number of aryl methyl sites for hydroxylation is 1. The number of carbonyl (C=O) groups is 1. The summed E-state index contributed by atoms with van der Waals surface area (Å²) in [6.07, 6.45) is 2.96. The summed E-state index contributed by atoms with van der Waals surface area (Å²) in [6, 6.07) is 7.20. The van der Waals surface area contributed by atoms with Crippen molar-refractivity contribution in [3.05, 3.63) is 40.3 Å². The fourth-order valence-electron chi connectivity index (χ4n) is 3.30. The molecule has 1 saturated heterocycles. The maximum atomic E-state index is 13.1. The highest BCUT2D eigenvalue weighted by Gasteiger charge is 2.27. The van der Waals surface area contributed by atoms with E-state index in [0.29, 0.717) is 42.7 Å². The lowest BCUT2D eigenvalue weighted by molar-refractivity contribution is 0.00192. The normalized spacial score (nSPS) is 17.8. The summed E-state index contributed by atoms with van der Waals surface area (Å²) < 4.78 is 7.20. The maximum absolute atomic E-state index is 13.1. The predicted octanol–water partition coefficient (Wildman–Crippen LogP) is 2.45. The van der Waals surface area contributed by atoms with E-state index in [2.05, 4.69) is 12.0 Å². The minimum Gasteiger partial charge on any atom is -0.376 e. The summed E-state index contributed by atoms with van der Waals surface area (Å²) >= 11 is 0. The fraction of sp³-hybridized carbons (Fsp3) is 0.526. The molecular formula is C19H25N3O3. The molecule has 0 aliphatic carbocycles. The van der Waals surface area contributed by atoms with E-state index < -0.39 is 0 Å². The molecule has 6 heteroatoms. The van der Waals surface area contributed by atoms with E-state index in [-0.39, 0.29) is 17.6 Å². The molecule has 6 nitrogen and oxygen atoms in total. The van der Waals surface area contributed by atoms with Crippen LogP contribution in [-0.4, -0.2) is 46.4 Å². The number of benzene rings is 1. The van der Waals surface area contributed by atoms with Gasteiger partial charge in [-0.2, -0.15) is 5.10 Å². The van der Waals surface area contributed by atoms with Crippen LogP contribution in [0.5, 0.6) is 0 Å². The van der Waals surface area contributed by atoms with E-state index >= 15 is 0 Å². The van der Waals surface area contributed by atoms with Gasteiger partial charge >= 0.3 is 0 Å². The van der Waals surface area contributed by atoms with Crippen molar-refractivity contribution in [1.82, 2.24) is 14.7 Å². The van der Waals surface area contributed by atoms with Crippen molar-refractivity contribution in [2.75, 3.05) is 19.7 Å². The molecule has 0 spiro atoms. The first-order valence-corrected chi connectivity index (χ1v) is 9.06. The Morgan fingerprint density at radius 1 is 1.28 bits per heavy atom. The predicted molar refractivity (Wildman–Crippen MR) is 96.8 cm³/mol. The van der Waals surface area contributed by atoms with E-state index in [0.717, 1.165) is 19.3 Å². The van der Waals surface area contributed by atoms with Gasteiger partial charge < -0.3 is 9.64 Å². The fourth-order valence-corrected chi connectivity index (χ4v) is 3.30. The Kier molecular flexibility index (Phi) is 5.48. The van der Waals surface area contributed by atoms with Crippen molar-refractivity contribution in [2.24, 2.45) is 0 Å². The van der Waals surface area contributed by atoms with Crippen LogP contribution in [0.3, 0.4) is 0 Å². The summed E-state index contributed by atoms with van der Waals surface area (Å²) in [7, 11) is 0. The van der Waals surface area contributed by atoms with Crippen LogP contribution in [0, 0.1) is 0 Å². The Morgan fingerprint density at radius 3 is 2.76 bits per heavy atom. The zero-order chi connectivity index (χ0) is 17.8. The molecule has 2 aromatic rings. The average molecular weight is 343 g/mol. The molecule has 1 aliphatic rings. The van der Waals surface area contributed by atoms with Gasteiger partial charge in [-0.3, -0.25) is 9.59 Å². The molecule has 1 aromatic carbocycles. The Labute approximate surface area is 147 Å². The highest BCUT2D eigenvalue weighted by molar-refractivity contribution is 6.04. The monoisotopic (exact) mass is 343 g/mol. The first-order valence-electron chi connectivity index (χ1n) is 9.06. The van der Waals surface area contributed by atoms with Crippen LogP contribution in [0.2, 0.25) is 0 Å². The van der Waals surface area contributed by atoms with Crippen molar-refractivity contribution in [2.45, 2.75) is 45.8 Å². The van der Waals surface area contributed by atoms with Crippen LogP contribution in [0.4, 0.5) is 0 Å². The number of aromatic nitrogens is 2. The molecule has 1 aliphatic heterocycles. The molecule has 0 radical (unpaired) electrons. The molecule has 1 atom stereocenters. The molecule has 1 aromatic heterocycles. The molecular weight excluding hydrogens is 318 g/mol. The minimum atomic E-state index is -0.155. The summed E-state index contributed by atoms with van der Waals surface area (Å²) in [5.41, 5.74) is 0.200. The van der Waals surface area contributed by atoms with E-state index in [4.69, 9.17) is 4.74 Å². The Morgan fingerprint density at radius 2 is 2.04 bits per heavy atom. The van der Waals surface area contributed by atoms with Crippen molar-refractivity contribution in [3.63, 3.8) is 0 Å². The lowest BCUT2D eigenvalue weighted by Gasteiger charge is -2.32. The first kappa shape index (κ1) is 17.6. The van der Waals surface area contributed by atoms with Gasteiger partial charge in [-0.25, -0.2) is 4.68 Å². The molecule has 1 fully saturated rings. The SMILES string of the molecule is CCCO[C@H]1CCCN(C(=O)c2nn(CC)c(=O)c3ccccc23)C1. The number of rotatable bonds is 5. The van der Waals surface area contributed by atoms with Gasteiger partial charge in [0.25, 0.3) is 11.5 Å². The highest BCUT2D eigenvalue weighted by atomic mass is 16.5. The lowest BCUT2D eigenvalue weighted by atomic mass is 10.1. The zero-order valence-electron chi connectivity index (χ0n) is 14.9. The number of piperidine rings is 1. The quantitative estimate of drug-likeness (QED) is 0.836. The van der Waals surface area contributed by atoms with E-state index in [1.54, 1.807) is 12.1 Å². The van der Waals surface area contributed by atoms with Crippen molar-refractivity contribution in [3.8, 4) is 0 Å². The van der Waals surface area contributed by atoms with Gasteiger partial charge in [0.05, 0.1) is 11.5 Å². The Bertz CT molecular complexity index is 815. The Hall–Kier alpha value is -2.21. The second kappa shape index (κ2) is 7.78. The third-order valence-electron chi connectivity index (χ3n) is 4.59. The zero-order valence-corrected chi connectivity index (χ0v) is 14.9. The van der Waals surface area contributed by atoms with Gasteiger partial charge in [0.2, 0.25) is 0 Å². The van der Waals surface area contributed by atoms with Gasteiger partial charge in [-0.05, 0) is 32.3 Å². The minimum absolute atomic E-state index is 0.0843. The van der Waals surface area contributed by atoms with Crippen LogP contribution < -0.4 is 5.56 Å². The molecule has 0 unspecified atom stereocenters. The first-order chi connectivity index (χ1) is 12.2. The number of hydrogen-bond donors (Lipinski definition) is 0. The number of ether oxygens (including phenoxy) is 1. The van der Waals surface area contributed by atoms with Crippen LogP contribution in [0.15, 0.2) is 29.1 Å². The van der Waals surface area contributed by atoms with Crippen molar-refractivity contribution < 1.29 is 9.53 Å². The maximum Gasteiger partial charge on any atom is 0.275 e. The third-order valence-corrected chi connectivity index (χ3v) is 4.59. The lowest BCUT2D eigenvalue weighted by Crippen LogP contribution is -2.44. The number of amides is 1. The second-order valence-electron chi connectivity index (χ2n) is 6.40. The van der Waals surface area contributed by atoms with Crippen molar-refractivity contribution in [1.29, 1.82) is 0 Å². The summed E-state index contributed by atoms with van der Waals surface area (Å²) in [4.78, 5) is 27.4. The molecule has 25 heavy (non-hydrogen) atoms. The van der Waals surface area contributed by atoms with E-state index in [9.17, 15) is 9.59 Å². The molecule has 134 valence electrons. The number of carbonyl (C=O) groups excluding carboxylic acids is 1. The van der Waals surface area contributed by atoms with Crippen LogP contribution >= 0.6 is 0 Å². The molecule has 3 rings (SSSR count). The molecule has 1 amide bonds. The van der Waals surface area contributed by atoms with Gasteiger partial charge in [-0.1, -0.05) is 25.1 Å². The third kappa shape index (κ3) is 3.58. The van der Waals surface area contributed by atoms with E-state index in [1.165, 1.54) is 4.68 Å². The molecule has 0 N–H and O–H groups in total. The van der Waals surface area contributed by atoms with Crippen molar-refractivity contribution >= 4 is 16.7 Å². The van der Waals surface area contributed by atoms with Crippen LogP contribution in [0.25, 0.3) is 10.8 Å². The van der Waals surface area contributed by atoms with Gasteiger partial charge in [0, 0.05) is 31.6 Å². The topological polar surface area (TPSA) is 64.4 Å². The molecule has 0 saturated carbocycles. The average Bonchev–Trinajstić information content (AvgIpc) is 2.66. The van der Waals surface area contributed by atoms with Gasteiger partial charge in [-0.15, -0.1) is 0 Å². The number of nitrogens with zero attached hydrogens (tertiary/aromatic N) is 3. The standard InChI is InChI=1S/C19H25N3O3/c1-3-12-25-14-8-7-11-21(13-14)19(24)17-15-9-5-6-10-16(15)18(23)22(4-2)20-17/h5-6,9-10,14H,3-4,7-8,11-13H2,1-2H3/t14-/m0/s1. The number of hydrogen-bond acceptors (Lipinski definition) is 4. The highest BCUT2D eigenvalue weighted by Crippen LogP contribution is 2.19. The summed E-state index contributed by atoms with van der Waals surface area (Å²) in [5, 5.41) is 5.52. The molecule has 0 bridgehead atoms. The van der Waals surface area contributed by atoms with E-state index in [1.807, 2.05) is 24.0 Å². The second-order valence-corrected chi connectivity index (χ2v) is 6.40. The smallest absolute Gasteiger partial charge is 0.275 e. The number of fused-ring (bicyclic) bond motifs is 1. The van der Waals surface area contributed by atoms with Gasteiger partial charge in [0.15, 0.2) is 5.69 Å². The van der Waals surface area contributed by atoms with Crippen LogP contribution in [-0.2, 0) is 11.3 Å². The molecule has 2 heterocycles. The summed E-state index contributed by atoms with van der Waals surface area (Å²) in [5.74, 6) is -0.122. The number of likely N-dealkylation sites (tertiary alicyclic amines) is 1. The Balaban J connectivity index is 1.94. The van der Waals surface area contributed by atoms with Gasteiger partial charge in [0.1, 0.15) is 0 Å².